The summed E-state index contributed by atoms with van der Waals surface area (Å²) in [6.45, 7) is 0.331. The molecule has 1 aromatic heterocycles. The van der Waals surface area contributed by atoms with E-state index in [1.165, 1.54) is 10.1 Å². The molecule has 3 aromatic rings. The number of amides is 2. The Morgan fingerprint density at radius 1 is 0.974 bits per heavy atom. The Morgan fingerprint density at radius 2 is 1.74 bits per heavy atom. The number of aromatic nitrogens is 2. The number of carbonyl (C=O) groups excluding carboxylic acids is 3. The average Bonchev–Trinajstić information content (AvgIpc) is 3.17. The van der Waals surface area contributed by atoms with Crippen molar-refractivity contribution < 1.29 is 19.1 Å². The molecular formula is C30H35N3O5. The van der Waals surface area contributed by atoms with Crippen molar-refractivity contribution in [3.8, 4) is 0 Å². The number of hydrogen-bond acceptors (Lipinski definition) is 5. The molecule has 8 nitrogen and oxygen atoms in total. The molecule has 2 heterocycles. The lowest BCUT2D eigenvalue weighted by Gasteiger charge is -2.29. The van der Waals surface area contributed by atoms with Gasteiger partial charge in [-0.1, -0.05) is 36.4 Å². The molecule has 1 saturated heterocycles. The van der Waals surface area contributed by atoms with E-state index in [0.717, 1.165) is 55.1 Å². The minimum absolute atomic E-state index is 0.134. The zero-order valence-electron chi connectivity index (χ0n) is 21.9. The van der Waals surface area contributed by atoms with Crippen molar-refractivity contribution >= 4 is 28.8 Å². The molecule has 1 N–H and O–H groups in total. The third-order valence-corrected chi connectivity index (χ3v) is 8.19. The lowest BCUT2D eigenvalue weighted by molar-refractivity contribution is -0.145. The number of nitrogens with zero attached hydrogens (tertiary/aromatic N) is 2. The number of imidazole rings is 1. The Labute approximate surface area is 222 Å². The number of fused-ring (bicyclic) bond motifs is 1. The van der Waals surface area contributed by atoms with Gasteiger partial charge in [0.1, 0.15) is 12.6 Å². The van der Waals surface area contributed by atoms with E-state index in [4.69, 9.17) is 4.74 Å². The molecule has 2 amide bonds. The summed E-state index contributed by atoms with van der Waals surface area (Å²) in [5.41, 5.74) is 3.52. The fourth-order valence-electron chi connectivity index (χ4n) is 5.99. The highest BCUT2D eigenvalue weighted by molar-refractivity contribution is 6.00. The SMILES string of the molecule is Cn1c(=O)n(C2CCC(=O)NC2=O)c2ccc(C3CCC(CCCC(=O)OCc4ccccc4)CC3)cc21. The van der Waals surface area contributed by atoms with E-state index in [-0.39, 0.29) is 24.0 Å². The van der Waals surface area contributed by atoms with Crippen molar-refractivity contribution in [1.82, 2.24) is 14.5 Å². The molecule has 1 unspecified atom stereocenters. The van der Waals surface area contributed by atoms with Crippen LogP contribution >= 0.6 is 0 Å². The number of nitrogens with one attached hydrogen (secondary N) is 1. The van der Waals surface area contributed by atoms with Gasteiger partial charge in [0.2, 0.25) is 11.8 Å². The van der Waals surface area contributed by atoms with Gasteiger partial charge in [0.15, 0.2) is 0 Å². The maximum Gasteiger partial charge on any atom is 0.329 e. The Bertz CT molecular complexity index is 1380. The van der Waals surface area contributed by atoms with Gasteiger partial charge in [0.25, 0.3) is 0 Å². The van der Waals surface area contributed by atoms with E-state index >= 15 is 0 Å². The fraction of sp³-hybridized carbons (Fsp3) is 0.467. The third kappa shape index (κ3) is 5.59. The topological polar surface area (TPSA) is 99.4 Å². The molecule has 1 saturated carbocycles. The van der Waals surface area contributed by atoms with Crippen LogP contribution in [0.4, 0.5) is 0 Å². The summed E-state index contributed by atoms with van der Waals surface area (Å²) in [5.74, 6) is 0.212. The van der Waals surface area contributed by atoms with Crippen LogP contribution in [0.1, 0.15) is 80.9 Å². The minimum atomic E-state index is -0.666. The van der Waals surface area contributed by atoms with Gasteiger partial charge in [0.05, 0.1) is 11.0 Å². The number of hydrogen-bond donors (Lipinski definition) is 1. The number of ether oxygens (including phenoxy) is 1. The number of carbonyl (C=O) groups is 3. The lowest BCUT2D eigenvalue weighted by Crippen LogP contribution is -2.44. The number of benzene rings is 2. The summed E-state index contributed by atoms with van der Waals surface area (Å²) in [6, 6.07) is 15.2. The Hall–Kier alpha value is -3.68. The number of rotatable bonds is 8. The first-order valence-electron chi connectivity index (χ1n) is 13.6. The Kier molecular flexibility index (Phi) is 7.77. The van der Waals surface area contributed by atoms with Crippen LogP contribution in [0.3, 0.4) is 0 Å². The fourth-order valence-corrected chi connectivity index (χ4v) is 5.99. The van der Waals surface area contributed by atoms with Crippen molar-refractivity contribution in [3.63, 3.8) is 0 Å². The van der Waals surface area contributed by atoms with Crippen molar-refractivity contribution in [3.05, 3.63) is 70.1 Å². The number of esters is 1. The molecule has 2 aromatic carbocycles. The second-order valence-electron chi connectivity index (χ2n) is 10.7. The van der Waals surface area contributed by atoms with E-state index in [2.05, 4.69) is 17.4 Å². The molecule has 1 aliphatic carbocycles. The number of imide groups is 1. The predicted octanol–water partition coefficient (Wildman–Crippen LogP) is 4.51. The summed E-state index contributed by atoms with van der Waals surface area (Å²) in [7, 11) is 1.73. The molecule has 2 fully saturated rings. The molecule has 1 atom stereocenters. The highest BCUT2D eigenvalue weighted by atomic mass is 16.5. The van der Waals surface area contributed by atoms with E-state index in [1.807, 2.05) is 36.4 Å². The molecule has 0 radical (unpaired) electrons. The third-order valence-electron chi connectivity index (χ3n) is 8.19. The lowest BCUT2D eigenvalue weighted by atomic mass is 9.77. The van der Waals surface area contributed by atoms with Crippen LogP contribution in [0.25, 0.3) is 11.0 Å². The van der Waals surface area contributed by atoms with Gasteiger partial charge in [-0.2, -0.15) is 0 Å². The van der Waals surface area contributed by atoms with E-state index in [9.17, 15) is 19.2 Å². The average molecular weight is 518 g/mol. The maximum absolute atomic E-state index is 13.0. The second-order valence-corrected chi connectivity index (χ2v) is 10.7. The highest BCUT2D eigenvalue weighted by Gasteiger charge is 2.31. The molecule has 0 spiro atoms. The van der Waals surface area contributed by atoms with Gasteiger partial charge in [-0.25, -0.2) is 4.79 Å². The molecule has 38 heavy (non-hydrogen) atoms. The number of piperidine rings is 1. The second kappa shape index (κ2) is 11.4. The van der Waals surface area contributed by atoms with Crippen molar-refractivity contribution in [2.24, 2.45) is 13.0 Å². The largest absolute Gasteiger partial charge is 0.461 e. The molecule has 200 valence electrons. The summed E-state index contributed by atoms with van der Waals surface area (Å²) in [4.78, 5) is 49.1. The van der Waals surface area contributed by atoms with Crippen molar-refractivity contribution in [2.75, 3.05) is 0 Å². The van der Waals surface area contributed by atoms with Crippen LogP contribution in [-0.2, 0) is 32.8 Å². The zero-order chi connectivity index (χ0) is 26.6. The summed E-state index contributed by atoms with van der Waals surface area (Å²) >= 11 is 0. The molecular weight excluding hydrogens is 482 g/mol. The van der Waals surface area contributed by atoms with Crippen molar-refractivity contribution in [1.29, 1.82) is 0 Å². The first kappa shape index (κ1) is 25.9. The van der Waals surface area contributed by atoms with Gasteiger partial charge >= 0.3 is 11.7 Å². The minimum Gasteiger partial charge on any atom is -0.461 e. The van der Waals surface area contributed by atoms with Gasteiger partial charge in [-0.15, -0.1) is 0 Å². The normalized spacial score (nSPS) is 21.9. The van der Waals surface area contributed by atoms with E-state index in [1.54, 1.807) is 11.6 Å². The first-order valence-corrected chi connectivity index (χ1v) is 13.6. The van der Waals surface area contributed by atoms with Crippen LogP contribution in [0.15, 0.2) is 53.3 Å². The molecule has 0 bridgehead atoms. The quantitative estimate of drug-likeness (QED) is 0.350. The van der Waals surface area contributed by atoms with Gasteiger partial charge in [-0.05, 0) is 80.0 Å². The highest BCUT2D eigenvalue weighted by Crippen LogP contribution is 2.38. The molecule has 2 aliphatic rings. The Balaban J connectivity index is 1.14. The zero-order valence-corrected chi connectivity index (χ0v) is 21.9. The van der Waals surface area contributed by atoms with Crippen LogP contribution < -0.4 is 11.0 Å². The van der Waals surface area contributed by atoms with Crippen molar-refractivity contribution in [2.45, 2.75) is 76.4 Å². The molecule has 5 rings (SSSR count). The molecule has 1 aliphatic heterocycles. The standard InChI is InChI=1S/C30H35N3O5/c1-32-26-18-23(14-15-24(26)33(30(32)37)25-16-17-27(34)31-29(25)36)22-12-10-20(11-13-22)8-5-9-28(35)38-19-21-6-3-2-4-7-21/h2-4,6-7,14-15,18,20,22,25H,5,8-13,16-17,19H2,1H3,(H,31,34,36). The summed E-state index contributed by atoms with van der Waals surface area (Å²) in [5, 5.41) is 2.36. The summed E-state index contributed by atoms with van der Waals surface area (Å²) < 4.78 is 8.53. The van der Waals surface area contributed by atoms with Crippen LogP contribution in [0.5, 0.6) is 0 Å². The Morgan fingerprint density at radius 3 is 2.47 bits per heavy atom. The smallest absolute Gasteiger partial charge is 0.329 e. The first-order chi connectivity index (χ1) is 18.4. The van der Waals surface area contributed by atoms with Gasteiger partial charge in [-0.3, -0.25) is 28.8 Å². The van der Waals surface area contributed by atoms with E-state index < -0.39 is 11.9 Å². The van der Waals surface area contributed by atoms with Crippen LogP contribution in [-0.4, -0.2) is 26.9 Å². The maximum atomic E-state index is 13.0. The van der Waals surface area contributed by atoms with E-state index in [0.29, 0.717) is 31.3 Å². The van der Waals surface area contributed by atoms with Crippen LogP contribution in [0.2, 0.25) is 0 Å². The monoisotopic (exact) mass is 517 g/mol. The summed E-state index contributed by atoms with van der Waals surface area (Å²) in [6.07, 6.45) is 7.32. The van der Waals surface area contributed by atoms with Gasteiger partial charge in [0, 0.05) is 19.9 Å². The predicted molar refractivity (Wildman–Crippen MR) is 143 cm³/mol. The number of aryl methyl sites for hydroxylation is 1. The molecule has 8 heteroatoms. The van der Waals surface area contributed by atoms with Crippen LogP contribution in [0, 0.1) is 5.92 Å². The van der Waals surface area contributed by atoms with Gasteiger partial charge < -0.3 is 4.74 Å².